The van der Waals surface area contributed by atoms with Gasteiger partial charge in [0.1, 0.15) is 5.60 Å². The van der Waals surface area contributed by atoms with Gasteiger partial charge < -0.3 is 9.84 Å². The summed E-state index contributed by atoms with van der Waals surface area (Å²) in [5.41, 5.74) is 0.635. The van der Waals surface area contributed by atoms with Gasteiger partial charge in [0.2, 0.25) is 0 Å². The van der Waals surface area contributed by atoms with E-state index in [0.29, 0.717) is 18.7 Å². The Balaban J connectivity index is 2.10. The second-order valence-electron chi connectivity index (χ2n) is 5.08. The third-order valence-electron chi connectivity index (χ3n) is 3.73. The van der Waals surface area contributed by atoms with Crippen LogP contribution in [0.2, 0.25) is 0 Å². The van der Waals surface area contributed by atoms with Gasteiger partial charge in [-0.25, -0.2) is 0 Å². The molecule has 1 unspecified atom stereocenters. The molecule has 1 N–H and O–H groups in total. The molecule has 2 rings (SSSR count). The Labute approximate surface area is 134 Å². The van der Waals surface area contributed by atoms with Crippen LogP contribution in [0.25, 0.3) is 0 Å². The fourth-order valence-corrected chi connectivity index (χ4v) is 2.48. The first-order valence-electron chi connectivity index (χ1n) is 7.06. The van der Waals surface area contributed by atoms with Crippen LogP contribution in [0.4, 0.5) is 0 Å². The molecule has 0 fully saturated rings. The van der Waals surface area contributed by atoms with E-state index in [2.05, 4.69) is 20.9 Å². The third-order valence-corrected chi connectivity index (χ3v) is 4.19. The molecule has 0 bridgehead atoms. The number of aromatic nitrogens is 1. The second kappa shape index (κ2) is 7.16. The van der Waals surface area contributed by atoms with Gasteiger partial charge in [-0.2, -0.15) is 0 Å². The maximum atomic E-state index is 10.9. The standard InChI is InChI=1S/C17H20BrNO2/c1-3-17(20,16-10-9-15(18)11-19-16)13(2)21-12-14-7-5-4-6-8-14/h4-11,13,20H,3,12H2,1-2H3/t13-,17?/m0/s1. The summed E-state index contributed by atoms with van der Waals surface area (Å²) in [6.07, 6.45) is 1.88. The summed E-state index contributed by atoms with van der Waals surface area (Å²) < 4.78 is 6.76. The van der Waals surface area contributed by atoms with Crippen molar-refractivity contribution in [2.24, 2.45) is 0 Å². The number of benzene rings is 1. The van der Waals surface area contributed by atoms with Gasteiger partial charge in [-0.3, -0.25) is 4.98 Å². The fourth-order valence-electron chi connectivity index (χ4n) is 2.24. The highest BCUT2D eigenvalue weighted by molar-refractivity contribution is 9.10. The molecule has 0 spiro atoms. The van der Waals surface area contributed by atoms with Crippen LogP contribution in [-0.4, -0.2) is 16.2 Å². The predicted molar refractivity (Wildman–Crippen MR) is 86.8 cm³/mol. The number of hydrogen-bond donors (Lipinski definition) is 1. The maximum absolute atomic E-state index is 10.9. The average molecular weight is 350 g/mol. The number of halogens is 1. The van der Waals surface area contributed by atoms with E-state index in [-0.39, 0.29) is 6.10 Å². The molecule has 0 aliphatic carbocycles. The van der Waals surface area contributed by atoms with Crippen LogP contribution in [-0.2, 0) is 16.9 Å². The molecule has 4 heteroatoms. The molecule has 0 saturated carbocycles. The number of ether oxygens (including phenoxy) is 1. The lowest BCUT2D eigenvalue weighted by Crippen LogP contribution is -2.39. The molecular formula is C17H20BrNO2. The highest BCUT2D eigenvalue weighted by Gasteiger charge is 2.36. The van der Waals surface area contributed by atoms with Crippen LogP contribution < -0.4 is 0 Å². The van der Waals surface area contributed by atoms with Crippen molar-refractivity contribution in [1.82, 2.24) is 4.98 Å². The molecule has 2 aromatic rings. The van der Waals surface area contributed by atoms with Crippen LogP contribution in [0.5, 0.6) is 0 Å². The molecule has 21 heavy (non-hydrogen) atoms. The van der Waals surface area contributed by atoms with E-state index in [0.717, 1.165) is 10.0 Å². The number of pyridine rings is 1. The average Bonchev–Trinajstić information content (AvgIpc) is 2.53. The molecule has 1 heterocycles. The number of hydrogen-bond acceptors (Lipinski definition) is 3. The van der Waals surface area contributed by atoms with E-state index >= 15 is 0 Å². The minimum atomic E-state index is -1.09. The molecular weight excluding hydrogens is 330 g/mol. The first-order valence-corrected chi connectivity index (χ1v) is 7.85. The monoisotopic (exact) mass is 349 g/mol. The van der Waals surface area contributed by atoms with Crippen molar-refractivity contribution in [1.29, 1.82) is 0 Å². The Morgan fingerprint density at radius 3 is 2.52 bits per heavy atom. The summed E-state index contributed by atoms with van der Waals surface area (Å²) >= 11 is 3.36. The van der Waals surface area contributed by atoms with Crippen LogP contribution in [0.15, 0.2) is 53.1 Å². The normalized spacial score (nSPS) is 15.4. The first kappa shape index (κ1) is 16.1. The minimum Gasteiger partial charge on any atom is -0.381 e. The summed E-state index contributed by atoms with van der Waals surface area (Å²) in [7, 11) is 0. The van der Waals surface area contributed by atoms with E-state index in [1.165, 1.54) is 0 Å². The van der Waals surface area contributed by atoms with Gasteiger partial charge in [-0.15, -0.1) is 0 Å². The van der Waals surface area contributed by atoms with Gasteiger partial charge >= 0.3 is 0 Å². The SMILES string of the molecule is CCC(O)(c1ccc(Br)cn1)[C@H](C)OCc1ccccc1. The molecule has 2 atom stereocenters. The Kier molecular flexibility index (Phi) is 5.51. The Bertz CT molecular complexity index is 559. The summed E-state index contributed by atoms with van der Waals surface area (Å²) in [5.74, 6) is 0. The van der Waals surface area contributed by atoms with Crippen molar-refractivity contribution >= 4 is 15.9 Å². The lowest BCUT2D eigenvalue weighted by atomic mass is 9.90. The van der Waals surface area contributed by atoms with Crippen molar-refractivity contribution < 1.29 is 9.84 Å². The van der Waals surface area contributed by atoms with E-state index in [1.54, 1.807) is 6.20 Å². The van der Waals surface area contributed by atoms with E-state index in [4.69, 9.17) is 4.74 Å². The molecule has 0 radical (unpaired) electrons. The number of rotatable bonds is 6. The molecule has 0 amide bonds. The van der Waals surface area contributed by atoms with Crippen LogP contribution in [0.3, 0.4) is 0 Å². The highest BCUT2D eigenvalue weighted by Crippen LogP contribution is 2.30. The summed E-state index contributed by atoms with van der Waals surface area (Å²) in [6, 6.07) is 13.7. The van der Waals surface area contributed by atoms with Gasteiger partial charge in [0, 0.05) is 10.7 Å². The topological polar surface area (TPSA) is 42.4 Å². The second-order valence-corrected chi connectivity index (χ2v) is 5.99. The Hall–Kier alpha value is -1.23. The van der Waals surface area contributed by atoms with Crippen molar-refractivity contribution in [3.63, 3.8) is 0 Å². The van der Waals surface area contributed by atoms with E-state index in [1.807, 2.05) is 56.3 Å². The fraction of sp³-hybridized carbons (Fsp3) is 0.353. The predicted octanol–water partition coefficient (Wildman–Crippen LogP) is 4.05. The number of nitrogens with zero attached hydrogens (tertiary/aromatic N) is 1. The van der Waals surface area contributed by atoms with Crippen LogP contribution in [0.1, 0.15) is 31.5 Å². The van der Waals surface area contributed by atoms with E-state index < -0.39 is 5.60 Å². The van der Waals surface area contributed by atoms with Gasteiger partial charge in [0.15, 0.2) is 0 Å². The molecule has 0 saturated heterocycles. The molecule has 1 aromatic carbocycles. The minimum absolute atomic E-state index is 0.351. The van der Waals surface area contributed by atoms with E-state index in [9.17, 15) is 5.11 Å². The summed E-state index contributed by atoms with van der Waals surface area (Å²) in [6.45, 7) is 4.29. The quantitative estimate of drug-likeness (QED) is 0.855. The summed E-state index contributed by atoms with van der Waals surface area (Å²) in [4.78, 5) is 4.32. The van der Waals surface area contributed by atoms with Crippen LogP contribution >= 0.6 is 15.9 Å². The molecule has 0 aliphatic heterocycles. The summed E-state index contributed by atoms with van der Waals surface area (Å²) in [5, 5.41) is 10.9. The molecule has 0 aliphatic rings. The number of aliphatic hydroxyl groups is 1. The zero-order chi connectivity index (χ0) is 15.3. The largest absolute Gasteiger partial charge is 0.381 e. The van der Waals surface area contributed by atoms with Crippen molar-refractivity contribution in [2.45, 2.75) is 38.6 Å². The maximum Gasteiger partial charge on any atom is 0.132 e. The van der Waals surface area contributed by atoms with Gasteiger partial charge in [0.25, 0.3) is 0 Å². The van der Waals surface area contributed by atoms with Gasteiger partial charge in [-0.05, 0) is 47.0 Å². The molecule has 1 aromatic heterocycles. The van der Waals surface area contributed by atoms with Crippen LogP contribution in [0, 0.1) is 0 Å². The Morgan fingerprint density at radius 1 is 1.24 bits per heavy atom. The lowest BCUT2D eigenvalue weighted by Gasteiger charge is -2.32. The van der Waals surface area contributed by atoms with Crippen molar-refractivity contribution in [3.05, 3.63) is 64.4 Å². The zero-order valence-electron chi connectivity index (χ0n) is 12.3. The Morgan fingerprint density at radius 2 is 1.95 bits per heavy atom. The molecule has 3 nitrogen and oxygen atoms in total. The third kappa shape index (κ3) is 3.90. The first-order chi connectivity index (χ1) is 10.1. The van der Waals surface area contributed by atoms with Gasteiger partial charge in [0.05, 0.1) is 18.4 Å². The zero-order valence-corrected chi connectivity index (χ0v) is 13.9. The van der Waals surface area contributed by atoms with Gasteiger partial charge in [-0.1, -0.05) is 37.3 Å². The lowest BCUT2D eigenvalue weighted by molar-refractivity contribution is -0.116. The molecule has 112 valence electrons. The van der Waals surface area contributed by atoms with Crippen molar-refractivity contribution in [2.75, 3.05) is 0 Å². The highest BCUT2D eigenvalue weighted by atomic mass is 79.9. The smallest absolute Gasteiger partial charge is 0.132 e. The van der Waals surface area contributed by atoms with Crippen molar-refractivity contribution in [3.8, 4) is 0 Å².